The van der Waals surface area contributed by atoms with Crippen molar-refractivity contribution in [1.82, 2.24) is 4.90 Å². The maximum Gasteiger partial charge on any atom is 0.247 e. The molecule has 3 amide bonds. The number of rotatable bonds is 3. The molecular formula is C27H23Cl2N3O3. The summed E-state index contributed by atoms with van der Waals surface area (Å²) in [6, 6.07) is 19.7. The molecule has 5 rings (SSSR count). The highest BCUT2D eigenvalue weighted by Gasteiger charge is 2.48. The van der Waals surface area contributed by atoms with E-state index in [-0.39, 0.29) is 24.9 Å². The van der Waals surface area contributed by atoms with Gasteiger partial charge in [0.2, 0.25) is 17.7 Å². The van der Waals surface area contributed by atoms with Crippen LogP contribution in [0.2, 0.25) is 10.0 Å². The van der Waals surface area contributed by atoms with Crippen molar-refractivity contribution in [2.45, 2.75) is 25.3 Å². The number of para-hydroxylation sites is 2. The van der Waals surface area contributed by atoms with Crippen LogP contribution in [0.4, 0.5) is 11.4 Å². The van der Waals surface area contributed by atoms with Crippen LogP contribution in [0.3, 0.4) is 0 Å². The Morgan fingerprint density at radius 1 is 0.943 bits per heavy atom. The summed E-state index contributed by atoms with van der Waals surface area (Å²) in [5.41, 5.74) is 2.81. The summed E-state index contributed by atoms with van der Waals surface area (Å²) in [6.45, 7) is 3.36. The van der Waals surface area contributed by atoms with Gasteiger partial charge in [0.15, 0.2) is 0 Å². The van der Waals surface area contributed by atoms with Crippen LogP contribution in [0.5, 0.6) is 0 Å². The number of benzene rings is 3. The van der Waals surface area contributed by atoms with Crippen molar-refractivity contribution in [3.63, 3.8) is 0 Å². The van der Waals surface area contributed by atoms with Crippen LogP contribution in [0.1, 0.15) is 36.6 Å². The number of hydrogen-bond donors (Lipinski definition) is 1. The summed E-state index contributed by atoms with van der Waals surface area (Å²) >= 11 is 12.4. The summed E-state index contributed by atoms with van der Waals surface area (Å²) in [5, 5.41) is 3.32. The Labute approximate surface area is 213 Å². The van der Waals surface area contributed by atoms with E-state index in [4.69, 9.17) is 23.2 Å². The molecule has 8 heteroatoms. The Hall–Kier alpha value is -3.35. The fourth-order valence-electron chi connectivity index (χ4n) is 5.01. The number of halogens is 2. The van der Waals surface area contributed by atoms with Gasteiger partial charge in [0.05, 0.1) is 27.2 Å². The Morgan fingerprint density at radius 3 is 2.29 bits per heavy atom. The second-order valence-corrected chi connectivity index (χ2v) is 10.0. The van der Waals surface area contributed by atoms with E-state index in [0.29, 0.717) is 21.4 Å². The molecule has 3 aromatic carbocycles. The summed E-state index contributed by atoms with van der Waals surface area (Å²) in [4.78, 5) is 43.3. The van der Waals surface area contributed by atoms with E-state index in [2.05, 4.69) is 5.32 Å². The Morgan fingerprint density at radius 2 is 1.57 bits per heavy atom. The second-order valence-electron chi connectivity index (χ2n) is 9.23. The zero-order chi connectivity index (χ0) is 24.9. The van der Waals surface area contributed by atoms with Crippen molar-refractivity contribution in [3.05, 3.63) is 93.5 Å². The molecule has 1 atom stereocenters. The molecule has 2 heterocycles. The van der Waals surface area contributed by atoms with Gasteiger partial charge in [-0.3, -0.25) is 14.4 Å². The Balaban J connectivity index is 1.56. The van der Waals surface area contributed by atoms with Crippen molar-refractivity contribution in [2.24, 2.45) is 0 Å². The molecule has 0 aliphatic carbocycles. The van der Waals surface area contributed by atoms with E-state index in [1.807, 2.05) is 56.3 Å². The van der Waals surface area contributed by atoms with Crippen molar-refractivity contribution >= 4 is 52.3 Å². The van der Waals surface area contributed by atoms with Gasteiger partial charge in [0, 0.05) is 11.3 Å². The number of nitrogens with one attached hydrogen (secondary N) is 1. The highest BCUT2D eigenvalue weighted by molar-refractivity contribution is 6.39. The van der Waals surface area contributed by atoms with Gasteiger partial charge in [-0.2, -0.15) is 0 Å². The van der Waals surface area contributed by atoms with Gasteiger partial charge < -0.3 is 15.1 Å². The molecule has 1 unspecified atom stereocenters. The quantitative estimate of drug-likeness (QED) is 0.530. The number of anilines is 2. The van der Waals surface area contributed by atoms with E-state index in [1.54, 1.807) is 29.2 Å². The molecule has 3 aromatic rings. The molecule has 0 bridgehead atoms. The molecule has 35 heavy (non-hydrogen) atoms. The number of hydrogen-bond acceptors (Lipinski definition) is 3. The van der Waals surface area contributed by atoms with E-state index in [1.165, 1.54) is 4.90 Å². The van der Waals surface area contributed by atoms with Gasteiger partial charge in [-0.05, 0) is 43.2 Å². The normalized spacial score (nSPS) is 18.3. The average Bonchev–Trinajstić information content (AvgIpc) is 2.95. The minimum atomic E-state index is -0.782. The minimum absolute atomic E-state index is 0.126. The summed E-state index contributed by atoms with van der Waals surface area (Å²) in [7, 11) is 0. The SMILES string of the molecule is CC1(C)C(=O)N2CC(=O)N(CC(=O)Nc3c(Cl)cccc3Cl)c3ccccc3C2c2ccccc21. The van der Waals surface area contributed by atoms with Crippen LogP contribution in [0.15, 0.2) is 66.7 Å². The van der Waals surface area contributed by atoms with E-state index in [0.717, 1.165) is 16.7 Å². The van der Waals surface area contributed by atoms with E-state index >= 15 is 0 Å². The maximum atomic E-state index is 13.6. The molecule has 0 aromatic heterocycles. The van der Waals surface area contributed by atoms with Crippen LogP contribution in [0.25, 0.3) is 0 Å². The molecule has 0 saturated carbocycles. The molecule has 0 fully saturated rings. The van der Waals surface area contributed by atoms with Crippen molar-refractivity contribution in [2.75, 3.05) is 23.3 Å². The molecule has 178 valence electrons. The predicted molar refractivity (Wildman–Crippen MR) is 137 cm³/mol. The standard InChI is InChI=1S/C27H23Cl2N3O3/c1-27(2)18-10-5-3-8-16(18)25-17-9-4-6-13-21(17)31(23(34)15-32(25)26(27)35)14-22(33)30-24-19(28)11-7-12-20(24)29/h3-13,25H,14-15H2,1-2H3,(H,30,33). The van der Waals surface area contributed by atoms with Gasteiger partial charge in [-0.15, -0.1) is 0 Å². The molecule has 0 radical (unpaired) electrons. The highest BCUT2D eigenvalue weighted by Crippen LogP contribution is 2.47. The van der Waals surface area contributed by atoms with Gasteiger partial charge in [-0.25, -0.2) is 0 Å². The molecule has 0 spiro atoms. The molecule has 0 saturated heterocycles. The lowest BCUT2D eigenvalue weighted by Crippen LogP contribution is -2.52. The fraction of sp³-hybridized carbons (Fsp3) is 0.222. The smallest absolute Gasteiger partial charge is 0.247 e. The molecule has 6 nitrogen and oxygen atoms in total. The predicted octanol–water partition coefficient (Wildman–Crippen LogP) is 5.19. The Bertz CT molecular complexity index is 1350. The number of amides is 3. The maximum absolute atomic E-state index is 13.6. The molecule has 2 aliphatic heterocycles. The topological polar surface area (TPSA) is 69.7 Å². The molecule has 2 aliphatic rings. The lowest BCUT2D eigenvalue weighted by atomic mass is 9.73. The second kappa shape index (κ2) is 8.70. The number of nitrogens with zero attached hydrogens (tertiary/aromatic N) is 2. The average molecular weight is 508 g/mol. The van der Waals surface area contributed by atoms with Crippen LogP contribution in [-0.4, -0.2) is 35.7 Å². The van der Waals surface area contributed by atoms with Crippen LogP contribution in [-0.2, 0) is 19.8 Å². The summed E-state index contributed by atoms with van der Waals surface area (Å²) in [6.07, 6.45) is 0. The third-order valence-corrected chi connectivity index (χ3v) is 7.32. The van der Waals surface area contributed by atoms with E-state index < -0.39 is 17.4 Å². The van der Waals surface area contributed by atoms with Crippen LogP contribution in [0, 0.1) is 0 Å². The van der Waals surface area contributed by atoms with Gasteiger partial charge >= 0.3 is 0 Å². The number of carbonyl (C=O) groups is 3. The molecular weight excluding hydrogens is 485 g/mol. The first-order chi connectivity index (χ1) is 16.7. The molecule has 1 N–H and O–H groups in total. The van der Waals surface area contributed by atoms with Crippen molar-refractivity contribution < 1.29 is 14.4 Å². The lowest BCUT2D eigenvalue weighted by molar-refractivity contribution is -0.142. The first kappa shape index (κ1) is 23.4. The third-order valence-electron chi connectivity index (χ3n) is 6.69. The van der Waals surface area contributed by atoms with Crippen LogP contribution >= 0.6 is 23.2 Å². The fourth-order valence-corrected chi connectivity index (χ4v) is 5.50. The minimum Gasteiger partial charge on any atom is -0.322 e. The van der Waals surface area contributed by atoms with Gasteiger partial charge in [0.1, 0.15) is 13.1 Å². The first-order valence-corrected chi connectivity index (χ1v) is 12.0. The first-order valence-electron chi connectivity index (χ1n) is 11.2. The summed E-state index contributed by atoms with van der Waals surface area (Å²) in [5.74, 6) is -0.919. The number of carbonyl (C=O) groups excluding carboxylic acids is 3. The Kier molecular flexibility index (Phi) is 5.82. The number of fused-ring (bicyclic) bond motifs is 5. The van der Waals surface area contributed by atoms with Crippen molar-refractivity contribution in [1.29, 1.82) is 0 Å². The van der Waals surface area contributed by atoms with Gasteiger partial charge in [-0.1, -0.05) is 71.7 Å². The largest absolute Gasteiger partial charge is 0.322 e. The monoisotopic (exact) mass is 507 g/mol. The zero-order valence-electron chi connectivity index (χ0n) is 19.2. The zero-order valence-corrected chi connectivity index (χ0v) is 20.7. The van der Waals surface area contributed by atoms with Crippen LogP contribution < -0.4 is 10.2 Å². The third kappa shape index (κ3) is 3.87. The van der Waals surface area contributed by atoms with Crippen molar-refractivity contribution in [3.8, 4) is 0 Å². The van der Waals surface area contributed by atoms with E-state index in [9.17, 15) is 14.4 Å². The highest BCUT2D eigenvalue weighted by atomic mass is 35.5. The lowest BCUT2D eigenvalue weighted by Gasteiger charge is -2.43. The summed E-state index contributed by atoms with van der Waals surface area (Å²) < 4.78 is 0. The van der Waals surface area contributed by atoms with Gasteiger partial charge in [0.25, 0.3) is 0 Å².